The van der Waals surface area contributed by atoms with Crippen molar-refractivity contribution in [1.29, 1.82) is 0 Å². The predicted octanol–water partition coefficient (Wildman–Crippen LogP) is 5.20. The minimum Gasteiger partial charge on any atom is -0.465 e. The molecule has 0 N–H and O–H groups in total. The van der Waals surface area contributed by atoms with Crippen molar-refractivity contribution in [2.24, 2.45) is 0 Å². The molecule has 1 aromatic heterocycles. The first-order valence-corrected chi connectivity index (χ1v) is 7.47. The quantitative estimate of drug-likeness (QED) is 0.687. The topological polar surface area (TPSA) is 35.5 Å². The number of alkyl halides is 2. The van der Waals surface area contributed by atoms with Crippen LogP contribution in [-0.4, -0.2) is 13.1 Å². The number of benzene rings is 1. The second-order valence-corrected chi connectivity index (χ2v) is 6.01. The third kappa shape index (κ3) is 3.41. The number of ether oxygens (including phenoxy) is 2. The number of hydrogen-bond donors (Lipinski definition) is 0. The van der Waals surface area contributed by atoms with Crippen LogP contribution in [0.4, 0.5) is 8.78 Å². The lowest BCUT2D eigenvalue weighted by atomic mass is 10.3. The number of halogens is 3. The summed E-state index contributed by atoms with van der Waals surface area (Å²) in [5.74, 6) is -3.34. The fraction of sp³-hybridized carbons (Fsp3) is 0.214. The zero-order valence-electron chi connectivity index (χ0n) is 11.2. The van der Waals surface area contributed by atoms with Crippen LogP contribution in [0, 0.1) is 0 Å². The van der Waals surface area contributed by atoms with Gasteiger partial charge in [-0.15, -0.1) is 11.3 Å². The summed E-state index contributed by atoms with van der Waals surface area (Å²) in [6, 6.07) is 8.59. The van der Waals surface area contributed by atoms with Gasteiger partial charge >= 0.3 is 5.97 Å². The first kappa shape index (κ1) is 15.9. The van der Waals surface area contributed by atoms with Crippen LogP contribution >= 0.6 is 27.3 Å². The fourth-order valence-corrected chi connectivity index (χ4v) is 3.57. The number of thiophene rings is 1. The van der Waals surface area contributed by atoms with E-state index in [4.69, 9.17) is 4.74 Å². The average Bonchev–Trinajstić information content (AvgIpc) is 2.77. The van der Waals surface area contributed by atoms with E-state index in [-0.39, 0.29) is 20.0 Å². The molecule has 0 amide bonds. The van der Waals surface area contributed by atoms with Crippen LogP contribution in [0.5, 0.6) is 11.5 Å². The first-order valence-electron chi connectivity index (χ1n) is 5.86. The molecular weight excluding hydrogens is 366 g/mol. The van der Waals surface area contributed by atoms with Gasteiger partial charge < -0.3 is 9.47 Å². The van der Waals surface area contributed by atoms with Crippen LogP contribution in [-0.2, 0) is 10.7 Å². The van der Waals surface area contributed by atoms with Crippen LogP contribution in [0.1, 0.15) is 21.5 Å². The minimum atomic E-state index is -3.09. The largest absolute Gasteiger partial charge is 0.465 e. The summed E-state index contributed by atoms with van der Waals surface area (Å²) in [6.45, 7) is 0.761. The highest BCUT2D eigenvalue weighted by atomic mass is 79.9. The maximum Gasteiger partial charge on any atom is 0.351 e. The molecule has 0 spiro atoms. The Morgan fingerprint density at radius 3 is 2.43 bits per heavy atom. The van der Waals surface area contributed by atoms with Crippen LogP contribution in [0.25, 0.3) is 0 Å². The Kier molecular flexibility index (Phi) is 4.63. The molecule has 0 bridgehead atoms. The lowest BCUT2D eigenvalue weighted by Crippen LogP contribution is -2.04. The number of esters is 1. The van der Waals surface area contributed by atoms with Crippen LogP contribution in [0.3, 0.4) is 0 Å². The molecule has 112 valence electrons. The van der Waals surface area contributed by atoms with Crippen molar-refractivity contribution in [1.82, 2.24) is 0 Å². The summed E-state index contributed by atoms with van der Waals surface area (Å²) >= 11 is 3.74. The molecule has 0 unspecified atom stereocenters. The summed E-state index contributed by atoms with van der Waals surface area (Å²) < 4.78 is 37.4. The van der Waals surface area contributed by atoms with Crippen molar-refractivity contribution < 1.29 is 23.0 Å². The number of rotatable bonds is 4. The van der Waals surface area contributed by atoms with E-state index >= 15 is 0 Å². The molecule has 0 aliphatic heterocycles. The van der Waals surface area contributed by atoms with Crippen molar-refractivity contribution in [3.05, 3.63) is 44.6 Å². The number of carbonyl (C=O) groups is 1. The summed E-state index contributed by atoms with van der Waals surface area (Å²) in [4.78, 5) is 11.5. The maximum absolute atomic E-state index is 13.6. The van der Waals surface area contributed by atoms with Crippen molar-refractivity contribution in [2.75, 3.05) is 7.11 Å². The minimum absolute atomic E-state index is 0.00949. The van der Waals surface area contributed by atoms with Gasteiger partial charge in [0, 0.05) is 6.92 Å². The van der Waals surface area contributed by atoms with Crippen molar-refractivity contribution in [3.8, 4) is 11.5 Å². The van der Waals surface area contributed by atoms with Gasteiger partial charge in [-0.05, 0) is 28.1 Å². The van der Waals surface area contributed by atoms with Gasteiger partial charge in [-0.25, -0.2) is 13.6 Å². The van der Waals surface area contributed by atoms with E-state index in [1.165, 1.54) is 7.11 Å². The first-order chi connectivity index (χ1) is 9.84. The van der Waals surface area contributed by atoms with Gasteiger partial charge in [-0.2, -0.15) is 0 Å². The van der Waals surface area contributed by atoms with E-state index < -0.39 is 11.9 Å². The Morgan fingerprint density at radius 2 is 1.90 bits per heavy atom. The molecule has 0 aliphatic rings. The highest BCUT2D eigenvalue weighted by molar-refractivity contribution is 9.10. The molecule has 21 heavy (non-hydrogen) atoms. The summed E-state index contributed by atoms with van der Waals surface area (Å²) in [6.07, 6.45) is 0. The Labute approximate surface area is 132 Å². The van der Waals surface area contributed by atoms with E-state index in [1.54, 1.807) is 30.3 Å². The van der Waals surface area contributed by atoms with E-state index in [9.17, 15) is 13.6 Å². The van der Waals surface area contributed by atoms with Gasteiger partial charge in [0.15, 0.2) is 10.6 Å². The fourth-order valence-electron chi connectivity index (χ4n) is 1.60. The van der Waals surface area contributed by atoms with Gasteiger partial charge in [0.05, 0.1) is 16.5 Å². The standard InChI is InChI=1S/C14H11BrF2O3S/c1-14(16,17)12-9(15)10(11(21-12)13(18)19-2)20-8-6-4-3-5-7-8/h3-7H,1-2H3. The van der Waals surface area contributed by atoms with Gasteiger partial charge in [0.1, 0.15) is 5.75 Å². The third-order valence-electron chi connectivity index (χ3n) is 2.54. The second-order valence-electron chi connectivity index (χ2n) is 4.20. The molecule has 7 heteroatoms. The van der Waals surface area contributed by atoms with Crippen molar-refractivity contribution in [3.63, 3.8) is 0 Å². The molecule has 2 rings (SSSR count). The molecule has 0 aliphatic carbocycles. The smallest absolute Gasteiger partial charge is 0.351 e. The number of para-hydroxylation sites is 1. The number of methoxy groups -OCH3 is 1. The Morgan fingerprint density at radius 1 is 1.29 bits per heavy atom. The monoisotopic (exact) mass is 376 g/mol. The molecule has 0 saturated carbocycles. The van der Waals surface area contributed by atoms with Crippen molar-refractivity contribution in [2.45, 2.75) is 12.8 Å². The molecule has 0 saturated heterocycles. The number of carbonyl (C=O) groups excluding carboxylic acids is 1. The van der Waals surface area contributed by atoms with E-state index in [2.05, 4.69) is 20.7 Å². The summed E-state index contributed by atoms with van der Waals surface area (Å²) in [5, 5.41) is 0. The molecule has 1 heterocycles. The Hall–Kier alpha value is -1.47. The molecule has 0 fully saturated rings. The predicted molar refractivity (Wildman–Crippen MR) is 79.4 cm³/mol. The molecular formula is C14H11BrF2O3S. The highest BCUT2D eigenvalue weighted by Crippen LogP contribution is 2.48. The maximum atomic E-state index is 13.6. The normalized spacial score (nSPS) is 11.3. The van der Waals surface area contributed by atoms with Gasteiger partial charge in [0.2, 0.25) is 0 Å². The van der Waals surface area contributed by atoms with E-state index in [0.717, 1.165) is 6.92 Å². The average molecular weight is 377 g/mol. The lowest BCUT2D eigenvalue weighted by Gasteiger charge is -2.09. The van der Waals surface area contributed by atoms with E-state index in [0.29, 0.717) is 17.1 Å². The zero-order valence-corrected chi connectivity index (χ0v) is 13.6. The van der Waals surface area contributed by atoms with E-state index in [1.807, 2.05) is 0 Å². The zero-order chi connectivity index (χ0) is 15.6. The molecule has 2 aromatic rings. The van der Waals surface area contributed by atoms with Crippen LogP contribution < -0.4 is 4.74 Å². The van der Waals surface area contributed by atoms with Gasteiger partial charge in [-0.3, -0.25) is 0 Å². The molecule has 0 radical (unpaired) electrons. The highest BCUT2D eigenvalue weighted by Gasteiger charge is 2.35. The van der Waals surface area contributed by atoms with Gasteiger partial charge in [-0.1, -0.05) is 18.2 Å². The molecule has 0 atom stereocenters. The summed E-state index contributed by atoms with van der Waals surface area (Å²) in [5.41, 5.74) is 0. The Bertz CT molecular complexity index is 650. The van der Waals surface area contributed by atoms with Crippen LogP contribution in [0.2, 0.25) is 0 Å². The third-order valence-corrected chi connectivity index (χ3v) is 4.88. The summed E-state index contributed by atoms with van der Waals surface area (Å²) in [7, 11) is 1.19. The number of hydrogen-bond acceptors (Lipinski definition) is 4. The SMILES string of the molecule is COC(=O)c1sc(C(C)(F)F)c(Br)c1Oc1ccccc1. The molecule has 3 nitrogen and oxygen atoms in total. The van der Waals surface area contributed by atoms with Gasteiger partial charge in [0.25, 0.3) is 5.92 Å². The van der Waals surface area contributed by atoms with Crippen LogP contribution in [0.15, 0.2) is 34.8 Å². The second kappa shape index (κ2) is 6.11. The molecule has 1 aromatic carbocycles. The van der Waals surface area contributed by atoms with Crippen molar-refractivity contribution >= 4 is 33.2 Å². The lowest BCUT2D eigenvalue weighted by molar-refractivity contribution is 0.0206. The Balaban J connectivity index is 2.52.